The topological polar surface area (TPSA) is 37.8 Å². The SMILES string of the molecule is CCCNc1nc(-c2cc(Br)c(Br)s2)nc(C)c1C. The Morgan fingerprint density at radius 2 is 2.00 bits per heavy atom. The number of aromatic nitrogens is 2. The Morgan fingerprint density at radius 1 is 1.26 bits per heavy atom. The van der Waals surface area contributed by atoms with Gasteiger partial charge in [-0.05, 0) is 58.2 Å². The highest BCUT2D eigenvalue weighted by Crippen LogP contribution is 2.37. The Morgan fingerprint density at radius 3 is 2.58 bits per heavy atom. The van der Waals surface area contributed by atoms with E-state index in [2.05, 4.69) is 61.0 Å². The van der Waals surface area contributed by atoms with Gasteiger partial charge in [-0.25, -0.2) is 9.97 Å². The molecule has 0 saturated heterocycles. The fraction of sp³-hybridized carbons (Fsp3) is 0.385. The molecule has 6 heteroatoms. The van der Waals surface area contributed by atoms with E-state index in [1.165, 1.54) is 0 Å². The van der Waals surface area contributed by atoms with Crippen molar-refractivity contribution in [3.05, 3.63) is 25.6 Å². The first-order valence-corrected chi connectivity index (χ1v) is 8.47. The summed E-state index contributed by atoms with van der Waals surface area (Å²) in [6, 6.07) is 2.04. The fourth-order valence-corrected chi connectivity index (χ4v) is 3.58. The molecular formula is C13H15Br2N3S. The molecule has 3 nitrogen and oxygen atoms in total. The molecule has 0 radical (unpaired) electrons. The molecule has 0 atom stereocenters. The summed E-state index contributed by atoms with van der Waals surface area (Å²) < 4.78 is 2.10. The maximum absolute atomic E-state index is 4.64. The lowest BCUT2D eigenvalue weighted by molar-refractivity contribution is 0.955. The maximum atomic E-state index is 4.64. The molecule has 0 aromatic carbocycles. The van der Waals surface area contributed by atoms with Gasteiger partial charge in [0.25, 0.3) is 0 Å². The third kappa shape index (κ3) is 3.35. The normalized spacial score (nSPS) is 10.8. The van der Waals surface area contributed by atoms with Crippen LogP contribution in [0.5, 0.6) is 0 Å². The molecule has 102 valence electrons. The van der Waals surface area contributed by atoms with Crippen LogP contribution in [0.2, 0.25) is 0 Å². The Hall–Kier alpha value is -0.460. The van der Waals surface area contributed by atoms with E-state index in [0.717, 1.165) is 49.0 Å². The Bertz CT molecular complexity index is 576. The second-order valence-corrected chi connectivity index (χ2v) is 7.49. The molecule has 2 aromatic rings. The molecule has 0 aliphatic rings. The van der Waals surface area contributed by atoms with Crippen molar-refractivity contribution in [1.82, 2.24) is 9.97 Å². The van der Waals surface area contributed by atoms with E-state index in [1.54, 1.807) is 11.3 Å². The zero-order chi connectivity index (χ0) is 14.0. The van der Waals surface area contributed by atoms with Gasteiger partial charge in [0.05, 0.1) is 8.66 Å². The van der Waals surface area contributed by atoms with Crippen LogP contribution >= 0.6 is 43.2 Å². The van der Waals surface area contributed by atoms with Crippen molar-refractivity contribution in [1.29, 1.82) is 0 Å². The molecule has 0 spiro atoms. The Balaban J connectivity index is 2.43. The number of halogens is 2. The lowest BCUT2D eigenvalue weighted by Crippen LogP contribution is -2.07. The van der Waals surface area contributed by atoms with Crippen LogP contribution < -0.4 is 5.32 Å². The lowest BCUT2D eigenvalue weighted by atomic mass is 10.2. The van der Waals surface area contributed by atoms with Crippen molar-refractivity contribution in [3.8, 4) is 10.7 Å². The lowest BCUT2D eigenvalue weighted by Gasteiger charge is -2.10. The number of thiophene rings is 1. The predicted molar refractivity (Wildman–Crippen MR) is 89.0 cm³/mol. The van der Waals surface area contributed by atoms with Gasteiger partial charge in [0.1, 0.15) is 5.82 Å². The average molecular weight is 405 g/mol. The van der Waals surface area contributed by atoms with Crippen LogP contribution in [0.3, 0.4) is 0 Å². The van der Waals surface area contributed by atoms with Crippen molar-refractivity contribution in [3.63, 3.8) is 0 Å². The first kappa shape index (κ1) is 14.9. The van der Waals surface area contributed by atoms with Crippen molar-refractivity contribution in [2.24, 2.45) is 0 Å². The van der Waals surface area contributed by atoms with E-state index in [1.807, 2.05) is 13.0 Å². The van der Waals surface area contributed by atoms with Crippen LogP contribution in [0.25, 0.3) is 10.7 Å². The number of nitrogens with one attached hydrogen (secondary N) is 1. The molecule has 2 rings (SSSR count). The van der Waals surface area contributed by atoms with E-state index < -0.39 is 0 Å². The van der Waals surface area contributed by atoms with E-state index in [-0.39, 0.29) is 0 Å². The number of hydrogen-bond acceptors (Lipinski definition) is 4. The number of nitrogens with zero attached hydrogens (tertiary/aromatic N) is 2. The largest absolute Gasteiger partial charge is 0.370 e. The highest BCUT2D eigenvalue weighted by atomic mass is 79.9. The van der Waals surface area contributed by atoms with Crippen molar-refractivity contribution in [2.75, 3.05) is 11.9 Å². The molecule has 0 saturated carbocycles. The van der Waals surface area contributed by atoms with Gasteiger partial charge < -0.3 is 5.32 Å². The van der Waals surface area contributed by atoms with E-state index in [0.29, 0.717) is 0 Å². The minimum absolute atomic E-state index is 0.776. The minimum Gasteiger partial charge on any atom is -0.370 e. The predicted octanol–water partition coefficient (Wildman–Crippen LogP) is 5.17. The third-order valence-corrected chi connectivity index (χ3v) is 6.05. The summed E-state index contributed by atoms with van der Waals surface area (Å²) in [4.78, 5) is 10.3. The molecule has 0 amide bonds. The van der Waals surface area contributed by atoms with Gasteiger partial charge in [-0.3, -0.25) is 0 Å². The maximum Gasteiger partial charge on any atom is 0.171 e. The van der Waals surface area contributed by atoms with Crippen LogP contribution in [0.1, 0.15) is 24.6 Å². The quantitative estimate of drug-likeness (QED) is 0.763. The summed E-state index contributed by atoms with van der Waals surface area (Å²) in [5.74, 6) is 1.71. The standard InChI is InChI=1S/C13H15Br2N3S/c1-4-5-16-12-7(2)8(3)17-13(18-12)10-6-9(14)11(15)19-10/h6H,4-5H2,1-3H3,(H,16,17,18). The second kappa shape index (κ2) is 6.33. The van der Waals surface area contributed by atoms with Gasteiger partial charge in [-0.1, -0.05) is 6.92 Å². The molecular weight excluding hydrogens is 390 g/mol. The van der Waals surface area contributed by atoms with Gasteiger partial charge in [-0.2, -0.15) is 0 Å². The number of hydrogen-bond donors (Lipinski definition) is 1. The summed E-state index contributed by atoms with van der Waals surface area (Å²) in [6.45, 7) is 7.14. The minimum atomic E-state index is 0.776. The first-order chi connectivity index (χ1) is 9.02. The Labute approximate surface area is 134 Å². The highest BCUT2D eigenvalue weighted by Gasteiger charge is 2.13. The summed E-state index contributed by atoms with van der Waals surface area (Å²) >= 11 is 8.64. The van der Waals surface area contributed by atoms with Crippen molar-refractivity contribution < 1.29 is 0 Å². The summed E-state index contributed by atoms with van der Waals surface area (Å²) in [6.07, 6.45) is 1.08. The van der Waals surface area contributed by atoms with Crippen LogP contribution in [-0.2, 0) is 0 Å². The summed E-state index contributed by atoms with van der Waals surface area (Å²) in [7, 11) is 0. The smallest absolute Gasteiger partial charge is 0.171 e. The number of aryl methyl sites for hydroxylation is 1. The molecule has 0 unspecified atom stereocenters. The third-order valence-electron chi connectivity index (χ3n) is 2.80. The zero-order valence-corrected chi connectivity index (χ0v) is 15.0. The monoisotopic (exact) mass is 403 g/mol. The molecule has 0 fully saturated rings. The van der Waals surface area contributed by atoms with E-state index >= 15 is 0 Å². The van der Waals surface area contributed by atoms with E-state index in [9.17, 15) is 0 Å². The summed E-state index contributed by atoms with van der Waals surface area (Å²) in [5.41, 5.74) is 2.14. The number of anilines is 1. The van der Waals surface area contributed by atoms with Crippen LogP contribution in [0.4, 0.5) is 5.82 Å². The molecule has 2 heterocycles. The average Bonchev–Trinajstić information content (AvgIpc) is 2.71. The number of rotatable bonds is 4. The van der Waals surface area contributed by atoms with Gasteiger partial charge in [0.2, 0.25) is 0 Å². The van der Waals surface area contributed by atoms with Crippen LogP contribution in [0.15, 0.2) is 14.3 Å². The second-order valence-electron chi connectivity index (χ2n) is 4.27. The molecule has 2 aromatic heterocycles. The van der Waals surface area contributed by atoms with Crippen molar-refractivity contribution in [2.45, 2.75) is 27.2 Å². The molecule has 0 bridgehead atoms. The summed E-state index contributed by atoms with van der Waals surface area (Å²) in [5, 5.41) is 3.37. The molecule has 19 heavy (non-hydrogen) atoms. The van der Waals surface area contributed by atoms with Crippen molar-refractivity contribution >= 4 is 49.0 Å². The Kier molecular flexibility index (Phi) is 4.97. The zero-order valence-electron chi connectivity index (χ0n) is 11.1. The van der Waals surface area contributed by atoms with E-state index in [4.69, 9.17) is 0 Å². The van der Waals surface area contributed by atoms with Gasteiger partial charge in [0, 0.05) is 22.3 Å². The van der Waals surface area contributed by atoms with Gasteiger partial charge in [-0.15, -0.1) is 11.3 Å². The highest BCUT2D eigenvalue weighted by molar-refractivity contribution is 9.13. The molecule has 0 aliphatic heterocycles. The van der Waals surface area contributed by atoms with Gasteiger partial charge in [0.15, 0.2) is 5.82 Å². The van der Waals surface area contributed by atoms with Gasteiger partial charge >= 0.3 is 0 Å². The molecule has 1 N–H and O–H groups in total. The first-order valence-electron chi connectivity index (χ1n) is 6.07. The fourth-order valence-electron chi connectivity index (χ4n) is 1.61. The molecule has 0 aliphatic carbocycles. The van der Waals surface area contributed by atoms with Crippen LogP contribution in [-0.4, -0.2) is 16.5 Å². The van der Waals surface area contributed by atoms with Crippen LogP contribution in [0, 0.1) is 13.8 Å².